The number of sulfonamides is 1. The highest BCUT2D eigenvalue weighted by atomic mass is 32.2. The van der Waals surface area contributed by atoms with Gasteiger partial charge >= 0.3 is 0 Å². The molecule has 3 N–H and O–H groups in total. The second kappa shape index (κ2) is 7.89. The zero-order valence-electron chi connectivity index (χ0n) is 16.1. The monoisotopic (exact) mass is 437 g/mol. The lowest BCUT2D eigenvalue weighted by atomic mass is 10.3. The lowest BCUT2D eigenvalue weighted by molar-refractivity contribution is -0.117. The molecule has 29 heavy (non-hydrogen) atoms. The van der Waals surface area contributed by atoms with Crippen molar-refractivity contribution in [1.82, 2.24) is 14.9 Å². The molecule has 0 aliphatic heterocycles. The van der Waals surface area contributed by atoms with Crippen molar-refractivity contribution >= 4 is 54.2 Å². The fourth-order valence-corrected chi connectivity index (χ4v) is 5.12. The van der Waals surface area contributed by atoms with E-state index >= 15 is 0 Å². The quantitative estimate of drug-likeness (QED) is 0.536. The SMILES string of the molecule is CC(=O)Nc1ccc2nc(NC(=O)[C@H](C)NS(=O)(=O)c3c(C)noc3C)sc2c1. The summed E-state index contributed by atoms with van der Waals surface area (Å²) in [6, 6.07) is 4.11. The average molecular weight is 438 g/mol. The molecule has 0 aliphatic carbocycles. The first kappa shape index (κ1) is 20.9. The van der Waals surface area contributed by atoms with E-state index in [2.05, 4.69) is 25.5 Å². The molecule has 1 atom stereocenters. The summed E-state index contributed by atoms with van der Waals surface area (Å²) >= 11 is 1.21. The molecule has 10 nitrogen and oxygen atoms in total. The van der Waals surface area contributed by atoms with E-state index < -0.39 is 22.0 Å². The molecule has 0 bridgehead atoms. The molecule has 1 aromatic carbocycles. The van der Waals surface area contributed by atoms with E-state index in [1.54, 1.807) is 18.2 Å². The second-order valence-corrected chi connectivity index (χ2v) is 9.05. The van der Waals surface area contributed by atoms with Crippen LogP contribution in [-0.2, 0) is 19.6 Å². The van der Waals surface area contributed by atoms with Crippen LogP contribution in [0.2, 0.25) is 0 Å². The third kappa shape index (κ3) is 4.60. The van der Waals surface area contributed by atoms with Crippen molar-refractivity contribution in [2.45, 2.75) is 38.6 Å². The van der Waals surface area contributed by atoms with Gasteiger partial charge in [0.25, 0.3) is 0 Å². The molecule has 0 aliphatic rings. The number of thiazole rings is 1. The topological polar surface area (TPSA) is 143 Å². The van der Waals surface area contributed by atoms with Gasteiger partial charge in [-0.15, -0.1) is 0 Å². The highest BCUT2D eigenvalue weighted by Gasteiger charge is 2.28. The fourth-order valence-electron chi connectivity index (χ4n) is 2.68. The van der Waals surface area contributed by atoms with Crippen LogP contribution >= 0.6 is 11.3 Å². The number of rotatable bonds is 6. The van der Waals surface area contributed by atoms with Crippen LogP contribution in [0.15, 0.2) is 27.6 Å². The number of nitrogens with one attached hydrogen (secondary N) is 3. The Labute approximate surface area is 170 Å². The van der Waals surface area contributed by atoms with Gasteiger partial charge in [0.1, 0.15) is 10.6 Å². The molecule has 3 rings (SSSR count). The van der Waals surface area contributed by atoms with E-state index in [0.29, 0.717) is 16.3 Å². The molecular weight excluding hydrogens is 418 g/mol. The Morgan fingerprint density at radius 3 is 2.55 bits per heavy atom. The summed E-state index contributed by atoms with van der Waals surface area (Å²) in [7, 11) is -3.98. The van der Waals surface area contributed by atoms with Crippen LogP contribution in [0.3, 0.4) is 0 Å². The Bertz CT molecular complexity index is 1180. The number of aryl methyl sites for hydroxylation is 2. The third-order valence-electron chi connectivity index (χ3n) is 3.90. The van der Waals surface area contributed by atoms with Crippen molar-refractivity contribution in [2.75, 3.05) is 10.6 Å². The van der Waals surface area contributed by atoms with Crippen molar-refractivity contribution in [1.29, 1.82) is 0 Å². The molecule has 3 aromatic rings. The predicted molar refractivity (Wildman–Crippen MR) is 108 cm³/mol. The van der Waals surface area contributed by atoms with Gasteiger partial charge in [-0.25, -0.2) is 13.4 Å². The molecular formula is C17H19N5O5S2. The number of hydrogen-bond donors (Lipinski definition) is 3. The van der Waals surface area contributed by atoms with Gasteiger partial charge < -0.3 is 15.2 Å². The van der Waals surface area contributed by atoms with E-state index in [1.807, 2.05) is 0 Å². The minimum atomic E-state index is -3.98. The number of hydrogen-bond acceptors (Lipinski definition) is 8. The summed E-state index contributed by atoms with van der Waals surface area (Å²) < 4.78 is 33.0. The molecule has 2 aromatic heterocycles. The van der Waals surface area contributed by atoms with E-state index in [0.717, 1.165) is 4.70 Å². The fraction of sp³-hybridized carbons (Fsp3) is 0.294. The van der Waals surface area contributed by atoms with E-state index in [1.165, 1.54) is 39.0 Å². The molecule has 0 unspecified atom stereocenters. The summed E-state index contributed by atoms with van der Waals surface area (Å²) in [6.45, 7) is 5.82. The largest absolute Gasteiger partial charge is 0.360 e. The molecule has 12 heteroatoms. The average Bonchev–Trinajstić information content (AvgIpc) is 3.15. The van der Waals surface area contributed by atoms with Crippen molar-refractivity contribution in [3.05, 3.63) is 29.7 Å². The Morgan fingerprint density at radius 2 is 1.93 bits per heavy atom. The van der Waals surface area contributed by atoms with Gasteiger partial charge in [0, 0.05) is 12.6 Å². The summed E-state index contributed by atoms with van der Waals surface area (Å²) in [5.74, 6) is -0.618. The first-order valence-corrected chi connectivity index (χ1v) is 10.8. The molecule has 2 heterocycles. The Balaban J connectivity index is 1.73. The van der Waals surface area contributed by atoms with Crippen LogP contribution in [0.5, 0.6) is 0 Å². The molecule has 154 valence electrons. The standard InChI is InChI=1S/C17H19N5O5S2/c1-8-15(10(3)27-21-8)29(25,26)22-9(2)16(24)20-17-19-13-6-5-12(18-11(4)23)7-14(13)28-17/h5-7,9,22H,1-4H3,(H,18,23)(H,19,20,24)/t9-/m0/s1. The maximum absolute atomic E-state index is 12.5. The highest BCUT2D eigenvalue weighted by molar-refractivity contribution is 7.89. The minimum absolute atomic E-state index is 0.0809. The third-order valence-corrected chi connectivity index (χ3v) is 6.62. The molecule has 0 saturated heterocycles. The molecule has 0 spiro atoms. The summed E-state index contributed by atoms with van der Waals surface area (Å²) in [4.78, 5) is 27.8. The van der Waals surface area contributed by atoms with Crippen LogP contribution in [0.1, 0.15) is 25.3 Å². The van der Waals surface area contributed by atoms with Gasteiger partial charge in [-0.3, -0.25) is 9.59 Å². The Morgan fingerprint density at radius 1 is 1.21 bits per heavy atom. The van der Waals surface area contributed by atoms with Gasteiger partial charge in [-0.05, 0) is 39.0 Å². The molecule has 0 saturated carbocycles. The lowest BCUT2D eigenvalue weighted by Gasteiger charge is -2.13. The van der Waals surface area contributed by atoms with Crippen molar-refractivity contribution in [3.8, 4) is 0 Å². The Kier molecular flexibility index (Phi) is 5.68. The van der Waals surface area contributed by atoms with E-state index in [-0.39, 0.29) is 22.3 Å². The minimum Gasteiger partial charge on any atom is -0.360 e. The van der Waals surface area contributed by atoms with Crippen LogP contribution in [0, 0.1) is 13.8 Å². The zero-order chi connectivity index (χ0) is 21.3. The zero-order valence-corrected chi connectivity index (χ0v) is 17.7. The summed E-state index contributed by atoms with van der Waals surface area (Å²) in [6.07, 6.45) is 0. The number of benzene rings is 1. The van der Waals surface area contributed by atoms with Crippen LogP contribution in [-0.4, -0.2) is 36.4 Å². The van der Waals surface area contributed by atoms with Gasteiger partial charge in [0.2, 0.25) is 21.8 Å². The molecule has 0 fully saturated rings. The summed E-state index contributed by atoms with van der Waals surface area (Å²) in [5.41, 5.74) is 1.47. The van der Waals surface area contributed by atoms with Crippen molar-refractivity contribution in [2.24, 2.45) is 0 Å². The first-order chi connectivity index (χ1) is 13.6. The van der Waals surface area contributed by atoms with Crippen LogP contribution in [0.4, 0.5) is 10.8 Å². The molecule has 0 radical (unpaired) electrons. The van der Waals surface area contributed by atoms with Crippen LogP contribution in [0.25, 0.3) is 10.2 Å². The van der Waals surface area contributed by atoms with Gasteiger partial charge in [0.05, 0.1) is 16.3 Å². The normalized spacial score (nSPS) is 12.7. The van der Waals surface area contributed by atoms with Gasteiger partial charge in [0.15, 0.2) is 10.9 Å². The number of carbonyl (C=O) groups is 2. The van der Waals surface area contributed by atoms with E-state index in [4.69, 9.17) is 4.52 Å². The number of carbonyl (C=O) groups excluding carboxylic acids is 2. The lowest BCUT2D eigenvalue weighted by Crippen LogP contribution is -2.41. The Hall–Kier alpha value is -2.83. The van der Waals surface area contributed by atoms with Gasteiger partial charge in [-0.1, -0.05) is 16.5 Å². The van der Waals surface area contributed by atoms with Crippen molar-refractivity contribution < 1.29 is 22.5 Å². The highest BCUT2D eigenvalue weighted by Crippen LogP contribution is 2.28. The second-order valence-electron chi connectivity index (χ2n) is 6.37. The maximum Gasteiger partial charge on any atom is 0.246 e. The number of fused-ring (bicyclic) bond motifs is 1. The number of amides is 2. The maximum atomic E-state index is 12.5. The predicted octanol–water partition coefficient (Wildman–Crippen LogP) is 2.17. The number of aromatic nitrogens is 2. The van der Waals surface area contributed by atoms with E-state index in [9.17, 15) is 18.0 Å². The van der Waals surface area contributed by atoms with Crippen molar-refractivity contribution in [3.63, 3.8) is 0 Å². The van der Waals surface area contributed by atoms with Crippen LogP contribution < -0.4 is 15.4 Å². The first-order valence-electron chi connectivity index (χ1n) is 8.51. The summed E-state index contributed by atoms with van der Waals surface area (Å²) in [5, 5.41) is 9.22. The number of nitrogens with zero attached hydrogens (tertiary/aromatic N) is 2. The number of anilines is 2. The van der Waals surface area contributed by atoms with Gasteiger partial charge in [-0.2, -0.15) is 4.72 Å². The smallest absolute Gasteiger partial charge is 0.246 e. The molecule has 2 amide bonds.